The maximum absolute atomic E-state index is 10.8. The minimum atomic E-state index is -0.960. The van der Waals surface area contributed by atoms with Crippen LogP contribution in [0.3, 0.4) is 0 Å². The number of carbonyl (C=O) groups is 1. The summed E-state index contributed by atoms with van der Waals surface area (Å²) in [5.41, 5.74) is 4.51. The van der Waals surface area contributed by atoms with Gasteiger partial charge in [0.2, 0.25) is 0 Å². The van der Waals surface area contributed by atoms with Gasteiger partial charge < -0.3 is 5.11 Å². The number of hydrogen-bond donors (Lipinski definition) is 1. The fraction of sp³-hybridized carbons (Fsp3) is 0.231. The van der Waals surface area contributed by atoms with Crippen LogP contribution in [0.4, 0.5) is 0 Å². The molecule has 2 aromatic rings. The highest BCUT2D eigenvalue weighted by Crippen LogP contribution is 2.20. The summed E-state index contributed by atoms with van der Waals surface area (Å²) in [4.78, 5) is 10.8. The monoisotopic (exact) mass is 230 g/mol. The predicted molar refractivity (Wildman–Crippen MR) is 64.7 cm³/mol. The molecule has 88 valence electrons. The van der Waals surface area contributed by atoms with Crippen LogP contribution in [0.2, 0.25) is 0 Å². The van der Waals surface area contributed by atoms with E-state index in [4.69, 9.17) is 5.11 Å². The van der Waals surface area contributed by atoms with Crippen molar-refractivity contribution in [1.29, 1.82) is 0 Å². The molecule has 0 radical (unpaired) electrons. The van der Waals surface area contributed by atoms with Gasteiger partial charge in [-0.15, -0.1) is 0 Å². The zero-order valence-electron chi connectivity index (χ0n) is 10.1. The van der Waals surface area contributed by atoms with E-state index in [-0.39, 0.29) is 5.56 Å². The van der Waals surface area contributed by atoms with Crippen LogP contribution in [-0.2, 0) is 0 Å². The maximum Gasteiger partial charge on any atom is 0.338 e. The van der Waals surface area contributed by atoms with Gasteiger partial charge in [-0.05, 0) is 31.9 Å². The highest BCUT2D eigenvalue weighted by molar-refractivity contribution is 5.87. The Balaban J connectivity index is 2.56. The van der Waals surface area contributed by atoms with E-state index in [9.17, 15) is 4.79 Å². The Kier molecular flexibility index (Phi) is 2.71. The molecular weight excluding hydrogens is 216 g/mol. The minimum absolute atomic E-state index is 0.198. The smallest absolute Gasteiger partial charge is 0.338 e. The molecule has 0 atom stereocenters. The Labute approximate surface area is 99.5 Å². The van der Waals surface area contributed by atoms with Gasteiger partial charge in [-0.3, -0.25) is 0 Å². The molecule has 4 nitrogen and oxygen atoms in total. The molecule has 0 fully saturated rings. The second-order valence-corrected chi connectivity index (χ2v) is 4.23. The molecule has 0 amide bonds. The zero-order valence-corrected chi connectivity index (χ0v) is 10.1. The number of aryl methyl sites for hydroxylation is 3. The van der Waals surface area contributed by atoms with Crippen molar-refractivity contribution in [2.75, 3.05) is 0 Å². The standard InChI is InChI=1S/C13H14N2O2/c1-8-4-9(2)12(10(3)5-8)15-7-11(6-14-15)13(16)17/h4-7H,1-3H3,(H,16,17). The van der Waals surface area contributed by atoms with Crippen molar-refractivity contribution in [3.63, 3.8) is 0 Å². The summed E-state index contributed by atoms with van der Waals surface area (Å²) >= 11 is 0. The average Bonchev–Trinajstić information content (AvgIpc) is 2.65. The van der Waals surface area contributed by atoms with E-state index in [1.165, 1.54) is 18.0 Å². The lowest BCUT2D eigenvalue weighted by Crippen LogP contribution is -2.01. The maximum atomic E-state index is 10.8. The highest BCUT2D eigenvalue weighted by Gasteiger charge is 2.10. The summed E-state index contributed by atoms with van der Waals surface area (Å²) in [6.07, 6.45) is 2.90. The van der Waals surface area contributed by atoms with Crippen molar-refractivity contribution in [3.05, 3.63) is 46.8 Å². The lowest BCUT2D eigenvalue weighted by atomic mass is 10.1. The van der Waals surface area contributed by atoms with Crippen LogP contribution in [0.5, 0.6) is 0 Å². The molecule has 1 N–H and O–H groups in total. The van der Waals surface area contributed by atoms with Gasteiger partial charge in [0.05, 0.1) is 17.4 Å². The molecule has 17 heavy (non-hydrogen) atoms. The van der Waals surface area contributed by atoms with E-state index in [2.05, 4.69) is 17.2 Å². The van der Waals surface area contributed by atoms with E-state index in [1.54, 1.807) is 4.68 Å². The summed E-state index contributed by atoms with van der Waals surface area (Å²) in [6, 6.07) is 4.12. The van der Waals surface area contributed by atoms with Crippen molar-refractivity contribution in [2.45, 2.75) is 20.8 Å². The third kappa shape index (κ3) is 2.06. The Morgan fingerprint density at radius 2 is 1.82 bits per heavy atom. The second kappa shape index (κ2) is 4.05. The van der Waals surface area contributed by atoms with Gasteiger partial charge in [0.1, 0.15) is 0 Å². The topological polar surface area (TPSA) is 55.1 Å². The van der Waals surface area contributed by atoms with Gasteiger partial charge in [-0.25, -0.2) is 9.48 Å². The normalized spacial score (nSPS) is 10.5. The number of nitrogens with zero attached hydrogens (tertiary/aromatic N) is 2. The summed E-state index contributed by atoms with van der Waals surface area (Å²) < 4.78 is 1.62. The Bertz CT molecular complexity index is 562. The van der Waals surface area contributed by atoms with Crippen molar-refractivity contribution < 1.29 is 9.90 Å². The van der Waals surface area contributed by atoms with E-state index in [0.29, 0.717) is 0 Å². The molecule has 0 aliphatic carbocycles. The molecule has 0 saturated heterocycles. The van der Waals surface area contributed by atoms with Crippen molar-refractivity contribution in [1.82, 2.24) is 9.78 Å². The lowest BCUT2D eigenvalue weighted by molar-refractivity contribution is 0.0697. The first-order valence-electron chi connectivity index (χ1n) is 5.35. The van der Waals surface area contributed by atoms with Gasteiger partial charge in [0.15, 0.2) is 0 Å². The van der Waals surface area contributed by atoms with E-state index in [0.717, 1.165) is 16.8 Å². The quantitative estimate of drug-likeness (QED) is 0.862. The SMILES string of the molecule is Cc1cc(C)c(-n2cc(C(=O)O)cn2)c(C)c1. The highest BCUT2D eigenvalue weighted by atomic mass is 16.4. The number of benzene rings is 1. The fourth-order valence-corrected chi connectivity index (χ4v) is 2.09. The molecule has 0 bridgehead atoms. The fourth-order valence-electron chi connectivity index (χ4n) is 2.09. The van der Waals surface area contributed by atoms with Crippen LogP contribution >= 0.6 is 0 Å². The number of rotatable bonds is 2. The molecule has 1 heterocycles. The number of carboxylic acid groups (broad SMARTS) is 1. The van der Waals surface area contributed by atoms with Gasteiger partial charge in [-0.1, -0.05) is 17.7 Å². The minimum Gasteiger partial charge on any atom is -0.478 e. The molecule has 2 rings (SSSR count). The summed E-state index contributed by atoms with van der Waals surface area (Å²) in [7, 11) is 0. The van der Waals surface area contributed by atoms with Gasteiger partial charge in [-0.2, -0.15) is 5.10 Å². The van der Waals surface area contributed by atoms with Crippen LogP contribution in [0.25, 0.3) is 5.69 Å². The van der Waals surface area contributed by atoms with Crippen LogP contribution in [0.1, 0.15) is 27.0 Å². The Hall–Kier alpha value is -2.10. The van der Waals surface area contributed by atoms with Crippen molar-refractivity contribution in [2.24, 2.45) is 0 Å². The molecule has 1 aromatic heterocycles. The van der Waals surface area contributed by atoms with Gasteiger partial charge >= 0.3 is 5.97 Å². The molecule has 1 aromatic carbocycles. The molecule has 0 saturated carbocycles. The summed E-state index contributed by atoms with van der Waals surface area (Å²) in [5, 5.41) is 13.0. The third-order valence-corrected chi connectivity index (χ3v) is 2.69. The Morgan fingerprint density at radius 1 is 1.24 bits per heavy atom. The third-order valence-electron chi connectivity index (χ3n) is 2.69. The second-order valence-electron chi connectivity index (χ2n) is 4.23. The average molecular weight is 230 g/mol. The van der Waals surface area contributed by atoms with Crippen LogP contribution in [0, 0.1) is 20.8 Å². The van der Waals surface area contributed by atoms with E-state index < -0.39 is 5.97 Å². The molecule has 0 spiro atoms. The lowest BCUT2D eigenvalue weighted by Gasteiger charge is -2.10. The molecule has 0 aliphatic heterocycles. The number of hydrogen-bond acceptors (Lipinski definition) is 2. The number of aromatic carboxylic acids is 1. The number of carboxylic acids is 1. The first kappa shape index (κ1) is 11.4. The molecule has 4 heteroatoms. The summed E-state index contributed by atoms with van der Waals surface area (Å²) in [6.45, 7) is 6.03. The first-order valence-corrected chi connectivity index (χ1v) is 5.35. The summed E-state index contributed by atoms with van der Waals surface area (Å²) in [5.74, 6) is -0.960. The van der Waals surface area contributed by atoms with E-state index >= 15 is 0 Å². The predicted octanol–water partition coefficient (Wildman–Crippen LogP) is 2.50. The van der Waals surface area contributed by atoms with Gasteiger partial charge in [0.25, 0.3) is 0 Å². The Morgan fingerprint density at radius 3 is 2.29 bits per heavy atom. The molecular formula is C13H14N2O2. The number of aromatic nitrogens is 2. The van der Waals surface area contributed by atoms with E-state index in [1.807, 2.05) is 20.8 Å². The van der Waals surface area contributed by atoms with Crippen molar-refractivity contribution in [3.8, 4) is 5.69 Å². The van der Waals surface area contributed by atoms with Crippen LogP contribution in [-0.4, -0.2) is 20.9 Å². The van der Waals surface area contributed by atoms with Crippen LogP contribution in [0.15, 0.2) is 24.5 Å². The van der Waals surface area contributed by atoms with Crippen LogP contribution < -0.4 is 0 Å². The largest absolute Gasteiger partial charge is 0.478 e. The zero-order chi connectivity index (χ0) is 12.6. The first-order chi connectivity index (χ1) is 7.99. The molecule has 0 unspecified atom stereocenters. The van der Waals surface area contributed by atoms with Crippen molar-refractivity contribution >= 4 is 5.97 Å². The van der Waals surface area contributed by atoms with Gasteiger partial charge in [0, 0.05) is 6.20 Å². The molecule has 0 aliphatic rings.